The molecule has 0 aliphatic carbocycles. The maximum atomic E-state index is 13.6. The van der Waals surface area contributed by atoms with Crippen molar-refractivity contribution < 1.29 is 14.0 Å². The van der Waals surface area contributed by atoms with Crippen molar-refractivity contribution in [2.24, 2.45) is 0 Å². The van der Waals surface area contributed by atoms with Gasteiger partial charge in [0.15, 0.2) is 0 Å². The van der Waals surface area contributed by atoms with Crippen LogP contribution < -0.4 is 0 Å². The van der Waals surface area contributed by atoms with E-state index in [0.29, 0.717) is 19.6 Å². The first-order valence-corrected chi connectivity index (χ1v) is 22.7. The number of carbonyl (C=O) groups is 2. The molecule has 7 heteroatoms. The van der Waals surface area contributed by atoms with E-state index >= 15 is 0 Å². The Hall–Kier alpha value is -6.73. The molecule has 0 unspecified atom stereocenters. The standard InChI is InChI=1S/C28H28N2O.C27H25FN2O.C2H6/c1-19-6-4-7-22(14-19)16-29-13-12-23-17-30(18-24-15-20(2)10-11-21(24)3)26-9-5-8-25(27(23)26)28(29)31;1-18-9-10-19(2)22(13-18)17-30-16-21-11-12-29(15-20-5-3-6-23(28)14-20)27(31)24-7-4-8-25(30)26(21)24;1-2/h4-11,14-15,17H,12-13,16,18H2,1-3H3;3-10,13-14,16H,11-12,15,17H2,1-2H3;1-2H3. The van der Waals surface area contributed by atoms with E-state index < -0.39 is 0 Å². The van der Waals surface area contributed by atoms with Crippen LogP contribution in [-0.2, 0) is 39.0 Å². The minimum atomic E-state index is -0.272. The molecule has 0 saturated carbocycles. The number of hydrogen-bond donors (Lipinski definition) is 0. The highest BCUT2D eigenvalue weighted by Crippen LogP contribution is 2.33. The van der Waals surface area contributed by atoms with Crippen molar-refractivity contribution in [3.05, 3.63) is 212 Å². The van der Waals surface area contributed by atoms with Crippen molar-refractivity contribution in [3.63, 3.8) is 0 Å². The smallest absolute Gasteiger partial charge is 0.254 e. The number of hydrogen-bond acceptors (Lipinski definition) is 2. The highest BCUT2D eigenvalue weighted by molar-refractivity contribution is 6.09. The van der Waals surface area contributed by atoms with Gasteiger partial charge < -0.3 is 18.9 Å². The number of rotatable bonds is 8. The van der Waals surface area contributed by atoms with Crippen LogP contribution >= 0.6 is 0 Å². The van der Waals surface area contributed by atoms with Gasteiger partial charge >= 0.3 is 0 Å². The second-order valence-corrected chi connectivity index (χ2v) is 17.4. The second-order valence-electron chi connectivity index (χ2n) is 17.4. The van der Waals surface area contributed by atoms with Gasteiger partial charge in [0.25, 0.3) is 11.8 Å². The van der Waals surface area contributed by atoms with E-state index in [1.165, 1.54) is 67.8 Å². The van der Waals surface area contributed by atoms with Gasteiger partial charge in [0, 0.05) is 84.6 Å². The van der Waals surface area contributed by atoms with E-state index in [-0.39, 0.29) is 17.6 Å². The van der Waals surface area contributed by atoms with Crippen LogP contribution in [0.2, 0.25) is 0 Å². The molecular weight excluding hydrogens is 792 g/mol. The van der Waals surface area contributed by atoms with Gasteiger partial charge in [-0.05, 0) is 128 Å². The van der Waals surface area contributed by atoms with Crippen molar-refractivity contribution in [1.82, 2.24) is 18.9 Å². The molecule has 4 heterocycles. The van der Waals surface area contributed by atoms with Crippen molar-refractivity contribution in [2.45, 2.75) is 87.5 Å². The molecule has 6 nitrogen and oxygen atoms in total. The maximum Gasteiger partial charge on any atom is 0.254 e. The summed E-state index contributed by atoms with van der Waals surface area (Å²) in [7, 11) is 0. The molecule has 2 amide bonds. The van der Waals surface area contributed by atoms with Crippen molar-refractivity contribution >= 4 is 33.6 Å². The Morgan fingerprint density at radius 1 is 0.484 bits per heavy atom. The van der Waals surface area contributed by atoms with Gasteiger partial charge in [-0.25, -0.2) is 4.39 Å². The summed E-state index contributed by atoms with van der Waals surface area (Å²) in [6.45, 7) is 18.7. The van der Waals surface area contributed by atoms with Crippen LogP contribution in [0.4, 0.5) is 4.39 Å². The summed E-state index contributed by atoms with van der Waals surface area (Å²) >= 11 is 0. The largest absolute Gasteiger partial charge is 0.343 e. The lowest BCUT2D eigenvalue weighted by molar-refractivity contribution is 0.0743. The third kappa shape index (κ3) is 9.17. The number of nitrogens with zero attached hydrogens (tertiary/aromatic N) is 4. The molecule has 0 spiro atoms. The Labute approximate surface area is 377 Å². The van der Waals surface area contributed by atoms with Gasteiger partial charge in [0.2, 0.25) is 0 Å². The number of carbonyl (C=O) groups excluding carboxylic acids is 2. The predicted octanol–water partition coefficient (Wildman–Crippen LogP) is 12.5. The summed E-state index contributed by atoms with van der Waals surface area (Å²) in [5.41, 5.74) is 17.2. The molecule has 8 aromatic rings. The van der Waals surface area contributed by atoms with Gasteiger partial charge in [-0.2, -0.15) is 0 Å². The zero-order valence-corrected chi connectivity index (χ0v) is 38.3. The molecule has 6 aromatic carbocycles. The molecule has 2 aromatic heterocycles. The van der Waals surface area contributed by atoms with Crippen LogP contribution in [-0.4, -0.2) is 43.8 Å². The first-order valence-electron chi connectivity index (χ1n) is 22.7. The normalized spacial score (nSPS) is 13.3. The number of halogens is 1. The van der Waals surface area contributed by atoms with Gasteiger partial charge in [0.05, 0.1) is 0 Å². The predicted molar refractivity (Wildman–Crippen MR) is 260 cm³/mol. The van der Waals surface area contributed by atoms with Crippen LogP contribution in [0.15, 0.2) is 134 Å². The molecule has 64 heavy (non-hydrogen) atoms. The van der Waals surface area contributed by atoms with E-state index in [2.05, 4.69) is 129 Å². The summed E-state index contributed by atoms with van der Waals surface area (Å²) in [6, 6.07) is 40.3. The molecule has 0 N–H and O–H groups in total. The van der Waals surface area contributed by atoms with Crippen LogP contribution in [0.1, 0.15) is 95.8 Å². The average Bonchev–Trinajstić information content (AvgIpc) is 3.75. The molecule has 10 rings (SSSR count). The minimum absolute atomic E-state index is 0.0121. The zero-order chi connectivity index (χ0) is 45.1. The number of aryl methyl sites for hydroxylation is 5. The summed E-state index contributed by atoms with van der Waals surface area (Å²) in [5, 5.41) is 2.18. The SMILES string of the molecule is CC.Cc1ccc(C)c(Cn2cc3c4c(cccc42)C(=O)N(Cc2cccc(F)c2)CC3)c1.Cc1cccc(CN2CCc3cn(Cc4cc(C)ccc4C)c4cccc(c34)C2=O)c1. The van der Waals surface area contributed by atoms with E-state index in [1.54, 1.807) is 6.07 Å². The van der Waals surface area contributed by atoms with E-state index in [9.17, 15) is 14.0 Å². The Morgan fingerprint density at radius 2 is 0.922 bits per heavy atom. The molecule has 0 atom stereocenters. The van der Waals surface area contributed by atoms with Crippen LogP contribution in [0.3, 0.4) is 0 Å². The van der Waals surface area contributed by atoms with Gasteiger partial charge in [0.1, 0.15) is 5.82 Å². The number of benzene rings is 6. The van der Waals surface area contributed by atoms with Crippen molar-refractivity contribution in [1.29, 1.82) is 0 Å². The fourth-order valence-electron chi connectivity index (χ4n) is 9.43. The van der Waals surface area contributed by atoms with Crippen LogP contribution in [0.25, 0.3) is 21.8 Å². The first kappa shape index (κ1) is 43.9. The van der Waals surface area contributed by atoms with E-state index in [0.717, 1.165) is 71.0 Å². The average molecular weight is 851 g/mol. The molecule has 0 fully saturated rings. The summed E-state index contributed by atoms with van der Waals surface area (Å²) in [6.07, 6.45) is 6.13. The van der Waals surface area contributed by atoms with Crippen LogP contribution in [0, 0.1) is 40.4 Å². The minimum Gasteiger partial charge on any atom is -0.343 e. The van der Waals surface area contributed by atoms with Gasteiger partial charge in [-0.3, -0.25) is 9.59 Å². The van der Waals surface area contributed by atoms with Gasteiger partial charge in [-0.1, -0.05) is 115 Å². The highest BCUT2D eigenvalue weighted by Gasteiger charge is 2.27. The molecule has 2 aliphatic heterocycles. The number of amides is 2. The molecule has 0 bridgehead atoms. The van der Waals surface area contributed by atoms with E-state index in [4.69, 9.17) is 0 Å². The lowest BCUT2D eigenvalue weighted by atomic mass is 10.0. The third-order valence-electron chi connectivity index (χ3n) is 12.7. The van der Waals surface area contributed by atoms with E-state index in [1.807, 2.05) is 54.0 Å². The Kier molecular flexibility index (Phi) is 13.0. The summed E-state index contributed by atoms with van der Waals surface area (Å²) in [5.74, 6) is -0.125. The molecule has 0 saturated heterocycles. The molecule has 0 radical (unpaired) electrons. The van der Waals surface area contributed by atoms with Crippen LogP contribution in [0.5, 0.6) is 0 Å². The fourth-order valence-corrected chi connectivity index (χ4v) is 9.43. The fraction of sp³-hybridized carbons (Fsp3) is 0.263. The Balaban J connectivity index is 0.000000169. The monoisotopic (exact) mass is 850 g/mol. The lowest BCUT2D eigenvalue weighted by Gasteiger charge is -2.22. The molecule has 326 valence electrons. The first-order chi connectivity index (χ1) is 31.0. The Morgan fingerprint density at radius 3 is 1.39 bits per heavy atom. The van der Waals surface area contributed by atoms with Crippen molar-refractivity contribution in [2.75, 3.05) is 13.1 Å². The quantitative estimate of drug-likeness (QED) is 0.153. The summed E-state index contributed by atoms with van der Waals surface area (Å²) in [4.78, 5) is 30.7. The molecular formula is C57H59FN4O2. The van der Waals surface area contributed by atoms with Crippen molar-refractivity contribution in [3.8, 4) is 0 Å². The number of aromatic nitrogens is 2. The third-order valence-corrected chi connectivity index (χ3v) is 12.7. The molecule has 2 aliphatic rings. The zero-order valence-electron chi connectivity index (χ0n) is 38.3. The lowest BCUT2D eigenvalue weighted by Crippen LogP contribution is -2.31. The maximum absolute atomic E-state index is 13.6. The van der Waals surface area contributed by atoms with Gasteiger partial charge in [-0.15, -0.1) is 0 Å². The summed E-state index contributed by atoms with van der Waals surface area (Å²) < 4.78 is 18.2. The topological polar surface area (TPSA) is 50.5 Å². The highest BCUT2D eigenvalue weighted by atomic mass is 19.1. The Bertz CT molecular complexity index is 2810. The second kappa shape index (κ2) is 18.9.